The number of carbonyl (C=O) groups is 2. The molecule has 0 bridgehead atoms. The Morgan fingerprint density at radius 1 is 1.21 bits per heavy atom. The van der Waals surface area contributed by atoms with Crippen molar-refractivity contribution < 1.29 is 14.3 Å². The van der Waals surface area contributed by atoms with Gasteiger partial charge in [0.1, 0.15) is 11.0 Å². The second-order valence-corrected chi connectivity index (χ2v) is 8.28. The quantitative estimate of drug-likeness (QED) is 0.671. The lowest BCUT2D eigenvalue weighted by Crippen LogP contribution is -2.30. The number of amidine groups is 1. The molecule has 2 amide bonds. The maximum atomic E-state index is 12.5. The van der Waals surface area contributed by atoms with Crippen LogP contribution in [0, 0.1) is 0 Å². The highest BCUT2D eigenvalue weighted by atomic mass is 35.5. The second kappa shape index (κ2) is 9.52. The highest BCUT2D eigenvalue weighted by molar-refractivity contribution is 8.15. The van der Waals surface area contributed by atoms with Crippen LogP contribution in [0.1, 0.15) is 13.3 Å². The predicted molar refractivity (Wildman–Crippen MR) is 119 cm³/mol. The molecule has 0 aliphatic carbocycles. The Bertz CT molecular complexity index is 930. The summed E-state index contributed by atoms with van der Waals surface area (Å²) in [5.74, 6) is 0.291. The average molecular weight is 452 g/mol. The minimum atomic E-state index is -0.545. The van der Waals surface area contributed by atoms with Gasteiger partial charge in [0, 0.05) is 29.2 Å². The van der Waals surface area contributed by atoms with Crippen LogP contribution in [0.3, 0.4) is 0 Å². The Balaban J connectivity index is 1.65. The molecule has 1 aliphatic rings. The first-order valence-corrected chi connectivity index (χ1v) is 10.5. The molecule has 1 N–H and O–H groups in total. The fraction of sp³-hybridized carbons (Fsp3) is 0.250. The molecule has 2 aromatic rings. The van der Waals surface area contributed by atoms with Crippen molar-refractivity contribution in [1.29, 1.82) is 0 Å². The molecule has 6 nitrogen and oxygen atoms in total. The van der Waals surface area contributed by atoms with E-state index in [9.17, 15) is 9.59 Å². The number of amides is 2. The standard InChI is InChI=1S/C20H19Cl2N3O3S/c1-3-28-16-6-4-14(5-7-16)24-20-25(2)19(27)17(29-20)11-18(26)23-15-9-12(21)8-13(22)10-15/h4-10,17H,3,11H2,1-2H3,(H,23,26). The maximum absolute atomic E-state index is 12.5. The van der Waals surface area contributed by atoms with Gasteiger partial charge in [-0.2, -0.15) is 0 Å². The summed E-state index contributed by atoms with van der Waals surface area (Å²) in [5, 5.41) is 3.56. The Morgan fingerprint density at radius 2 is 1.86 bits per heavy atom. The summed E-state index contributed by atoms with van der Waals surface area (Å²) in [4.78, 5) is 30.9. The number of hydrogen-bond acceptors (Lipinski definition) is 5. The molecule has 1 heterocycles. The Kier molecular flexibility index (Phi) is 7.05. The highest BCUT2D eigenvalue weighted by Gasteiger charge is 2.37. The molecule has 3 rings (SSSR count). The third-order valence-electron chi connectivity index (χ3n) is 4.03. The summed E-state index contributed by atoms with van der Waals surface area (Å²) < 4.78 is 5.41. The molecule has 152 valence electrons. The second-order valence-electron chi connectivity index (χ2n) is 6.24. The zero-order valence-corrected chi connectivity index (χ0v) is 18.1. The smallest absolute Gasteiger partial charge is 0.242 e. The molecule has 1 unspecified atom stereocenters. The Morgan fingerprint density at radius 3 is 2.48 bits per heavy atom. The van der Waals surface area contributed by atoms with Crippen molar-refractivity contribution in [3.63, 3.8) is 0 Å². The third kappa shape index (κ3) is 5.65. The van der Waals surface area contributed by atoms with Gasteiger partial charge in [-0.3, -0.25) is 14.5 Å². The van der Waals surface area contributed by atoms with E-state index in [0.717, 1.165) is 5.75 Å². The van der Waals surface area contributed by atoms with Gasteiger partial charge in [-0.05, 0) is 49.4 Å². The molecule has 0 spiro atoms. The van der Waals surface area contributed by atoms with Gasteiger partial charge in [0.25, 0.3) is 0 Å². The fourth-order valence-electron chi connectivity index (χ4n) is 2.70. The maximum Gasteiger partial charge on any atom is 0.242 e. The van der Waals surface area contributed by atoms with Crippen LogP contribution in [-0.2, 0) is 9.59 Å². The molecule has 1 saturated heterocycles. The Hall–Kier alpha value is -2.22. The van der Waals surface area contributed by atoms with E-state index in [0.29, 0.717) is 33.2 Å². The van der Waals surface area contributed by atoms with E-state index in [2.05, 4.69) is 10.3 Å². The van der Waals surface area contributed by atoms with Gasteiger partial charge in [0.15, 0.2) is 5.17 Å². The lowest BCUT2D eigenvalue weighted by Gasteiger charge is -2.10. The molecule has 29 heavy (non-hydrogen) atoms. The third-order valence-corrected chi connectivity index (χ3v) is 5.70. The zero-order chi connectivity index (χ0) is 21.0. The van der Waals surface area contributed by atoms with E-state index < -0.39 is 5.25 Å². The number of nitrogens with zero attached hydrogens (tertiary/aromatic N) is 2. The minimum Gasteiger partial charge on any atom is -0.494 e. The molecule has 2 aromatic carbocycles. The lowest BCUT2D eigenvalue weighted by molar-refractivity contribution is -0.127. The van der Waals surface area contributed by atoms with E-state index in [1.165, 1.54) is 16.7 Å². The number of nitrogens with one attached hydrogen (secondary N) is 1. The van der Waals surface area contributed by atoms with Crippen LogP contribution in [0.2, 0.25) is 10.0 Å². The summed E-state index contributed by atoms with van der Waals surface area (Å²) >= 11 is 13.2. The van der Waals surface area contributed by atoms with Crippen LogP contribution in [0.15, 0.2) is 47.5 Å². The summed E-state index contributed by atoms with van der Waals surface area (Å²) in [6, 6.07) is 12.1. The first-order chi connectivity index (χ1) is 13.9. The van der Waals surface area contributed by atoms with Gasteiger partial charge < -0.3 is 10.1 Å². The Labute approximate surface area is 183 Å². The van der Waals surface area contributed by atoms with Crippen molar-refractivity contribution in [1.82, 2.24) is 4.90 Å². The van der Waals surface area contributed by atoms with Gasteiger partial charge in [0.05, 0.1) is 12.3 Å². The van der Waals surface area contributed by atoms with Crippen LogP contribution in [-0.4, -0.2) is 40.8 Å². The number of ether oxygens (including phenoxy) is 1. The first-order valence-electron chi connectivity index (χ1n) is 8.87. The fourth-order valence-corrected chi connectivity index (χ4v) is 4.38. The molecule has 9 heteroatoms. The molecule has 0 radical (unpaired) electrons. The van der Waals surface area contributed by atoms with Crippen molar-refractivity contribution >= 4 is 63.3 Å². The summed E-state index contributed by atoms with van der Waals surface area (Å²) in [6.45, 7) is 2.51. The first kappa shape index (κ1) is 21.5. The SMILES string of the molecule is CCOc1ccc(N=C2SC(CC(=O)Nc3cc(Cl)cc(Cl)c3)C(=O)N2C)cc1. The topological polar surface area (TPSA) is 71.0 Å². The molecule has 0 saturated carbocycles. The van der Waals surface area contributed by atoms with Crippen LogP contribution in [0.5, 0.6) is 5.75 Å². The van der Waals surface area contributed by atoms with E-state index in [-0.39, 0.29) is 18.2 Å². The van der Waals surface area contributed by atoms with Crippen molar-refractivity contribution in [3.05, 3.63) is 52.5 Å². The predicted octanol–water partition coefficient (Wildman–Crippen LogP) is 4.98. The number of rotatable bonds is 6. The van der Waals surface area contributed by atoms with E-state index in [1.54, 1.807) is 25.2 Å². The lowest BCUT2D eigenvalue weighted by atomic mass is 10.2. The normalized spacial score (nSPS) is 17.7. The molecule has 1 fully saturated rings. The monoisotopic (exact) mass is 451 g/mol. The average Bonchev–Trinajstić information content (AvgIpc) is 2.90. The van der Waals surface area contributed by atoms with Crippen molar-refractivity contribution in [2.24, 2.45) is 4.99 Å². The number of carbonyl (C=O) groups excluding carboxylic acids is 2. The van der Waals surface area contributed by atoms with Crippen LogP contribution >= 0.6 is 35.0 Å². The van der Waals surface area contributed by atoms with E-state index in [1.807, 2.05) is 31.2 Å². The highest BCUT2D eigenvalue weighted by Crippen LogP contribution is 2.31. The summed E-state index contributed by atoms with van der Waals surface area (Å²) in [5.41, 5.74) is 1.19. The van der Waals surface area contributed by atoms with Crippen molar-refractivity contribution in [3.8, 4) is 5.75 Å². The molecular formula is C20H19Cl2N3O3S. The summed E-state index contributed by atoms with van der Waals surface area (Å²) in [7, 11) is 1.65. The van der Waals surface area contributed by atoms with E-state index >= 15 is 0 Å². The number of halogens is 2. The molecule has 1 atom stereocenters. The number of benzene rings is 2. The number of thioether (sulfide) groups is 1. The van der Waals surface area contributed by atoms with Crippen LogP contribution in [0.25, 0.3) is 0 Å². The van der Waals surface area contributed by atoms with Gasteiger partial charge >= 0.3 is 0 Å². The van der Waals surface area contributed by atoms with Crippen molar-refractivity contribution in [2.45, 2.75) is 18.6 Å². The molecule has 0 aromatic heterocycles. The van der Waals surface area contributed by atoms with Gasteiger partial charge in [-0.25, -0.2) is 4.99 Å². The van der Waals surface area contributed by atoms with Crippen LogP contribution in [0.4, 0.5) is 11.4 Å². The minimum absolute atomic E-state index is 0.0142. The number of anilines is 1. The number of aliphatic imine (C=N–C) groups is 1. The summed E-state index contributed by atoms with van der Waals surface area (Å²) in [6.07, 6.45) is 0.0142. The molecular weight excluding hydrogens is 433 g/mol. The zero-order valence-electron chi connectivity index (χ0n) is 15.8. The van der Waals surface area contributed by atoms with E-state index in [4.69, 9.17) is 27.9 Å². The van der Waals surface area contributed by atoms with Gasteiger partial charge in [-0.15, -0.1) is 0 Å². The van der Waals surface area contributed by atoms with Gasteiger partial charge in [0.2, 0.25) is 11.8 Å². The van der Waals surface area contributed by atoms with Crippen molar-refractivity contribution in [2.75, 3.05) is 19.0 Å². The van der Waals surface area contributed by atoms with Crippen LogP contribution < -0.4 is 10.1 Å². The van der Waals surface area contributed by atoms with Gasteiger partial charge in [-0.1, -0.05) is 35.0 Å². The molecule has 1 aliphatic heterocycles. The largest absolute Gasteiger partial charge is 0.494 e. The number of hydrogen-bond donors (Lipinski definition) is 1.